The van der Waals surface area contributed by atoms with E-state index in [1.807, 2.05) is 6.92 Å². The number of hydrogen-bond acceptors (Lipinski definition) is 5. The van der Waals surface area contributed by atoms with Gasteiger partial charge in [0.2, 0.25) is 12.7 Å². The Kier molecular flexibility index (Phi) is 4.21. The van der Waals surface area contributed by atoms with Crippen molar-refractivity contribution >= 4 is 17.5 Å². The summed E-state index contributed by atoms with van der Waals surface area (Å²) in [5, 5.41) is 2.64. The summed E-state index contributed by atoms with van der Waals surface area (Å²) in [6.45, 7) is 4.18. The van der Waals surface area contributed by atoms with E-state index >= 15 is 0 Å². The van der Waals surface area contributed by atoms with Gasteiger partial charge in [0.15, 0.2) is 11.5 Å². The molecule has 7 heteroatoms. The lowest BCUT2D eigenvalue weighted by Crippen LogP contribution is -2.45. The highest BCUT2D eigenvalue weighted by Crippen LogP contribution is 2.35. The maximum atomic E-state index is 12.2. The van der Waals surface area contributed by atoms with Gasteiger partial charge in [-0.25, -0.2) is 0 Å². The predicted octanol–water partition coefficient (Wildman–Crippen LogP) is 0.594. The molecule has 0 bridgehead atoms. The van der Waals surface area contributed by atoms with Gasteiger partial charge in [-0.2, -0.15) is 0 Å². The fraction of sp³-hybridized carbons (Fsp3) is 0.429. The van der Waals surface area contributed by atoms with E-state index in [0.717, 1.165) is 0 Å². The molecule has 0 radical (unpaired) electrons. The monoisotopic (exact) mass is 293 g/mol. The molecule has 0 aromatic heterocycles. The molecule has 1 aliphatic heterocycles. The molecule has 0 saturated heterocycles. The Morgan fingerprint density at radius 3 is 2.62 bits per heavy atom. The smallest absolute Gasteiger partial charge is 0.254 e. The molecule has 7 nitrogen and oxygen atoms in total. The third-order valence-electron chi connectivity index (χ3n) is 3.36. The van der Waals surface area contributed by atoms with E-state index in [0.29, 0.717) is 18.0 Å². The molecule has 1 aromatic carbocycles. The third-order valence-corrected chi connectivity index (χ3v) is 3.36. The third kappa shape index (κ3) is 3.01. The second-order valence-electron chi connectivity index (χ2n) is 4.84. The van der Waals surface area contributed by atoms with E-state index < -0.39 is 11.9 Å². The van der Waals surface area contributed by atoms with Crippen molar-refractivity contribution in [3.63, 3.8) is 0 Å². The van der Waals surface area contributed by atoms with Gasteiger partial charge in [-0.1, -0.05) is 0 Å². The van der Waals surface area contributed by atoms with Gasteiger partial charge in [0.25, 0.3) is 5.91 Å². The van der Waals surface area contributed by atoms with Crippen LogP contribution in [-0.4, -0.2) is 43.1 Å². The van der Waals surface area contributed by atoms with Crippen molar-refractivity contribution in [1.82, 2.24) is 10.2 Å². The van der Waals surface area contributed by atoms with Crippen molar-refractivity contribution in [3.8, 4) is 11.5 Å². The van der Waals surface area contributed by atoms with E-state index in [2.05, 4.69) is 5.32 Å². The Hall–Kier alpha value is -2.44. The number of ether oxygens (including phenoxy) is 2. The molecule has 1 unspecified atom stereocenters. The number of benzene rings is 1. The van der Waals surface area contributed by atoms with Crippen LogP contribution >= 0.6 is 0 Å². The zero-order chi connectivity index (χ0) is 15.6. The minimum absolute atomic E-state index is 0.107. The number of nitrogens with zero attached hydrogens (tertiary/aromatic N) is 1. The molecule has 114 valence electrons. The standard InChI is InChI=1S/C14H19N3O4/c1-4-17(3)14(19)8(2)16-13(18)9-5-11-12(6-10(9)15)21-7-20-11/h5-6,8H,4,7,15H2,1-3H3,(H,16,18). The number of carbonyl (C=O) groups is 2. The summed E-state index contributed by atoms with van der Waals surface area (Å²) in [6.07, 6.45) is 0. The van der Waals surface area contributed by atoms with Crippen molar-refractivity contribution in [2.45, 2.75) is 19.9 Å². The summed E-state index contributed by atoms with van der Waals surface area (Å²) in [4.78, 5) is 25.7. The average Bonchev–Trinajstić information content (AvgIpc) is 2.91. The van der Waals surface area contributed by atoms with E-state index in [-0.39, 0.29) is 24.0 Å². The topological polar surface area (TPSA) is 93.9 Å². The first-order valence-corrected chi connectivity index (χ1v) is 6.69. The van der Waals surface area contributed by atoms with E-state index in [1.165, 1.54) is 11.0 Å². The lowest BCUT2D eigenvalue weighted by molar-refractivity contribution is -0.131. The van der Waals surface area contributed by atoms with Crippen LogP contribution in [0.5, 0.6) is 11.5 Å². The van der Waals surface area contributed by atoms with Crippen molar-refractivity contribution in [2.24, 2.45) is 0 Å². The largest absolute Gasteiger partial charge is 0.454 e. The number of amides is 2. The maximum Gasteiger partial charge on any atom is 0.254 e. The first-order chi connectivity index (χ1) is 9.93. The highest BCUT2D eigenvalue weighted by molar-refractivity contribution is 6.02. The van der Waals surface area contributed by atoms with Gasteiger partial charge in [0, 0.05) is 25.3 Å². The molecule has 21 heavy (non-hydrogen) atoms. The Morgan fingerprint density at radius 1 is 1.38 bits per heavy atom. The molecular weight excluding hydrogens is 274 g/mol. The lowest BCUT2D eigenvalue weighted by Gasteiger charge is -2.20. The molecule has 0 fully saturated rings. The number of fused-ring (bicyclic) bond motifs is 1. The van der Waals surface area contributed by atoms with Gasteiger partial charge < -0.3 is 25.4 Å². The van der Waals surface area contributed by atoms with Gasteiger partial charge in [-0.05, 0) is 19.9 Å². The van der Waals surface area contributed by atoms with Crippen LogP contribution in [0.3, 0.4) is 0 Å². The van der Waals surface area contributed by atoms with Crippen LogP contribution in [0.1, 0.15) is 24.2 Å². The van der Waals surface area contributed by atoms with Crippen molar-refractivity contribution < 1.29 is 19.1 Å². The zero-order valence-electron chi connectivity index (χ0n) is 12.3. The molecule has 0 aliphatic carbocycles. The van der Waals surface area contributed by atoms with Crippen LogP contribution in [0.25, 0.3) is 0 Å². The van der Waals surface area contributed by atoms with Gasteiger partial charge in [0.1, 0.15) is 6.04 Å². The molecule has 0 spiro atoms. The molecule has 2 amide bonds. The number of hydrogen-bond donors (Lipinski definition) is 2. The second kappa shape index (κ2) is 5.90. The molecule has 1 aromatic rings. The van der Waals surface area contributed by atoms with Gasteiger partial charge in [-0.3, -0.25) is 9.59 Å². The second-order valence-corrected chi connectivity index (χ2v) is 4.84. The number of nitrogens with one attached hydrogen (secondary N) is 1. The molecule has 1 atom stereocenters. The Bertz CT molecular complexity index is 574. The highest BCUT2D eigenvalue weighted by Gasteiger charge is 2.23. The van der Waals surface area contributed by atoms with Crippen LogP contribution in [0.4, 0.5) is 5.69 Å². The van der Waals surface area contributed by atoms with Crippen molar-refractivity contribution in [3.05, 3.63) is 17.7 Å². The number of likely N-dealkylation sites (N-methyl/N-ethyl adjacent to an activating group) is 1. The molecule has 3 N–H and O–H groups in total. The summed E-state index contributed by atoms with van der Waals surface area (Å²) in [5.41, 5.74) is 6.38. The minimum atomic E-state index is -0.632. The first kappa shape index (κ1) is 15.0. The Balaban J connectivity index is 2.12. The van der Waals surface area contributed by atoms with E-state index in [4.69, 9.17) is 15.2 Å². The average molecular weight is 293 g/mol. The van der Waals surface area contributed by atoms with Crippen molar-refractivity contribution in [2.75, 3.05) is 26.1 Å². The van der Waals surface area contributed by atoms with E-state index in [9.17, 15) is 9.59 Å². The molecule has 2 rings (SSSR count). The predicted molar refractivity (Wildman–Crippen MR) is 77.2 cm³/mol. The van der Waals surface area contributed by atoms with Crippen LogP contribution in [0.15, 0.2) is 12.1 Å². The van der Waals surface area contributed by atoms with Crippen LogP contribution in [-0.2, 0) is 4.79 Å². The number of nitrogen functional groups attached to an aromatic ring is 1. The first-order valence-electron chi connectivity index (χ1n) is 6.69. The number of nitrogens with two attached hydrogens (primary N) is 1. The Morgan fingerprint density at radius 2 is 2.00 bits per heavy atom. The van der Waals surface area contributed by atoms with Crippen LogP contribution in [0, 0.1) is 0 Å². The summed E-state index contributed by atoms with van der Waals surface area (Å²) < 4.78 is 10.4. The van der Waals surface area contributed by atoms with Crippen LogP contribution in [0.2, 0.25) is 0 Å². The molecule has 1 aliphatic rings. The summed E-state index contributed by atoms with van der Waals surface area (Å²) in [6, 6.07) is 2.43. The van der Waals surface area contributed by atoms with Gasteiger partial charge in [-0.15, -0.1) is 0 Å². The minimum Gasteiger partial charge on any atom is -0.454 e. The van der Waals surface area contributed by atoms with Crippen LogP contribution < -0.4 is 20.5 Å². The zero-order valence-corrected chi connectivity index (χ0v) is 12.3. The number of carbonyl (C=O) groups excluding carboxylic acids is 2. The van der Waals surface area contributed by atoms with Gasteiger partial charge >= 0.3 is 0 Å². The summed E-state index contributed by atoms with van der Waals surface area (Å²) >= 11 is 0. The Labute approximate surface area is 123 Å². The summed E-state index contributed by atoms with van der Waals surface area (Å²) in [7, 11) is 1.68. The normalized spacial score (nSPS) is 13.7. The number of rotatable bonds is 4. The van der Waals surface area contributed by atoms with E-state index in [1.54, 1.807) is 20.0 Å². The molecular formula is C14H19N3O4. The fourth-order valence-electron chi connectivity index (χ4n) is 1.98. The summed E-state index contributed by atoms with van der Waals surface area (Å²) in [5.74, 6) is 0.402. The highest BCUT2D eigenvalue weighted by atomic mass is 16.7. The molecule has 1 heterocycles. The quantitative estimate of drug-likeness (QED) is 0.793. The molecule has 0 saturated carbocycles. The SMILES string of the molecule is CCN(C)C(=O)C(C)NC(=O)c1cc2c(cc1N)OCO2. The number of anilines is 1. The van der Waals surface area contributed by atoms with Gasteiger partial charge in [0.05, 0.1) is 5.56 Å². The van der Waals surface area contributed by atoms with Crippen molar-refractivity contribution in [1.29, 1.82) is 0 Å². The lowest BCUT2D eigenvalue weighted by atomic mass is 10.1. The fourth-order valence-corrected chi connectivity index (χ4v) is 1.98. The maximum absolute atomic E-state index is 12.2.